The van der Waals surface area contributed by atoms with Crippen LogP contribution in [0.4, 0.5) is 8.78 Å². The van der Waals surface area contributed by atoms with E-state index in [4.69, 9.17) is 5.11 Å². The molecule has 23 heavy (non-hydrogen) atoms. The van der Waals surface area contributed by atoms with Crippen LogP contribution in [0.3, 0.4) is 0 Å². The predicted octanol–water partition coefficient (Wildman–Crippen LogP) is 1.31. The molecule has 0 saturated carbocycles. The summed E-state index contributed by atoms with van der Waals surface area (Å²) < 4.78 is 27.4. The predicted molar refractivity (Wildman–Crippen MR) is 76.5 cm³/mol. The molecule has 8 heteroatoms. The number of benzene rings is 1. The molecule has 0 spiro atoms. The normalized spacial score (nSPS) is 20.9. The third kappa shape index (κ3) is 2.56. The summed E-state index contributed by atoms with van der Waals surface area (Å²) >= 11 is 0. The van der Waals surface area contributed by atoms with Crippen LogP contribution in [0.5, 0.6) is 0 Å². The fraction of sp³-hybridized carbons (Fsp3) is 0.267. The van der Waals surface area contributed by atoms with Crippen molar-refractivity contribution in [2.45, 2.75) is 12.1 Å². The smallest absolute Gasteiger partial charge is 0.343 e. The Bertz CT molecular complexity index is 879. The number of pyridine rings is 1. The number of aromatic amines is 1. The highest BCUT2D eigenvalue weighted by atomic mass is 19.1. The maximum atomic E-state index is 14.1. The first-order valence-corrected chi connectivity index (χ1v) is 6.84. The second-order valence-corrected chi connectivity index (χ2v) is 5.48. The van der Waals surface area contributed by atoms with Crippen LogP contribution in [-0.2, 0) is 4.79 Å². The molecule has 3 rings (SSSR count). The summed E-state index contributed by atoms with van der Waals surface area (Å²) in [7, 11) is 0. The maximum Gasteiger partial charge on any atom is 0.343 e. The Morgan fingerprint density at radius 1 is 1.30 bits per heavy atom. The van der Waals surface area contributed by atoms with Crippen LogP contribution in [0.1, 0.15) is 16.8 Å². The molecule has 120 valence electrons. The van der Waals surface area contributed by atoms with E-state index in [-0.39, 0.29) is 24.0 Å². The number of hydrogen-bond donors (Lipinski definition) is 2. The molecule has 2 heterocycles. The van der Waals surface area contributed by atoms with Crippen LogP contribution < -0.4 is 5.56 Å². The summed E-state index contributed by atoms with van der Waals surface area (Å²) in [6.45, 7) is -0.659. The molecule has 0 bridgehead atoms. The van der Waals surface area contributed by atoms with Crippen molar-refractivity contribution >= 4 is 22.8 Å². The van der Waals surface area contributed by atoms with Crippen LogP contribution in [0, 0.1) is 5.82 Å². The number of carboxylic acids is 1. The molecule has 2 aromatic rings. The highest BCUT2D eigenvalue weighted by Gasteiger charge is 2.47. The Labute approximate surface area is 128 Å². The lowest BCUT2D eigenvalue weighted by molar-refractivity contribution is -0.149. The van der Waals surface area contributed by atoms with Crippen LogP contribution in [0.2, 0.25) is 0 Å². The molecule has 6 nitrogen and oxygen atoms in total. The van der Waals surface area contributed by atoms with E-state index in [0.717, 1.165) is 23.1 Å². The molecule has 1 aliphatic rings. The van der Waals surface area contributed by atoms with Gasteiger partial charge in [0, 0.05) is 24.4 Å². The van der Waals surface area contributed by atoms with Gasteiger partial charge in [0.1, 0.15) is 5.82 Å². The fourth-order valence-electron chi connectivity index (χ4n) is 2.70. The highest BCUT2D eigenvalue weighted by Crippen LogP contribution is 2.28. The van der Waals surface area contributed by atoms with E-state index >= 15 is 0 Å². The zero-order valence-electron chi connectivity index (χ0n) is 11.8. The van der Waals surface area contributed by atoms with Gasteiger partial charge in [0.05, 0.1) is 17.6 Å². The topological polar surface area (TPSA) is 90.5 Å². The third-order valence-electron chi connectivity index (χ3n) is 3.93. The molecular weight excluding hydrogens is 310 g/mol. The Morgan fingerprint density at radius 2 is 2.04 bits per heavy atom. The van der Waals surface area contributed by atoms with E-state index in [9.17, 15) is 23.2 Å². The number of carbonyl (C=O) groups is 2. The SMILES string of the molecule is O=C(c1cc(=O)[nH]c2cc(F)ccc12)N1CCC(F)(C(=O)O)C1. The van der Waals surface area contributed by atoms with E-state index in [1.165, 1.54) is 6.07 Å². The van der Waals surface area contributed by atoms with Gasteiger partial charge in [-0.2, -0.15) is 0 Å². The minimum atomic E-state index is -2.49. The zero-order chi connectivity index (χ0) is 16.8. The number of carboxylic acid groups (broad SMARTS) is 1. The maximum absolute atomic E-state index is 14.1. The number of likely N-dealkylation sites (tertiary alicyclic amines) is 1. The first-order chi connectivity index (χ1) is 10.8. The molecule has 1 atom stereocenters. The summed E-state index contributed by atoms with van der Waals surface area (Å²) in [6, 6.07) is 4.59. The van der Waals surface area contributed by atoms with Gasteiger partial charge in [-0.15, -0.1) is 0 Å². The van der Waals surface area contributed by atoms with Gasteiger partial charge in [-0.3, -0.25) is 9.59 Å². The minimum absolute atomic E-state index is 0.0154. The van der Waals surface area contributed by atoms with Crippen molar-refractivity contribution in [2.24, 2.45) is 0 Å². The Kier molecular flexibility index (Phi) is 3.39. The van der Waals surface area contributed by atoms with Gasteiger partial charge in [0.2, 0.25) is 11.2 Å². The number of carbonyl (C=O) groups excluding carboxylic acids is 1. The monoisotopic (exact) mass is 322 g/mol. The average Bonchev–Trinajstić information content (AvgIpc) is 2.89. The molecule has 1 aromatic heterocycles. The fourth-order valence-corrected chi connectivity index (χ4v) is 2.70. The minimum Gasteiger partial charge on any atom is -0.479 e. The van der Waals surface area contributed by atoms with Gasteiger partial charge in [-0.1, -0.05) is 0 Å². The van der Waals surface area contributed by atoms with E-state index in [1.807, 2.05) is 0 Å². The number of H-pyrrole nitrogens is 1. The van der Waals surface area contributed by atoms with Crippen molar-refractivity contribution in [2.75, 3.05) is 13.1 Å². The van der Waals surface area contributed by atoms with Crippen molar-refractivity contribution in [3.05, 3.63) is 46.0 Å². The van der Waals surface area contributed by atoms with E-state index in [0.29, 0.717) is 5.39 Å². The zero-order valence-corrected chi connectivity index (χ0v) is 11.8. The quantitative estimate of drug-likeness (QED) is 0.872. The van der Waals surface area contributed by atoms with Gasteiger partial charge in [-0.25, -0.2) is 13.6 Å². The molecule has 1 aromatic carbocycles. The van der Waals surface area contributed by atoms with E-state index in [1.54, 1.807) is 0 Å². The first kappa shape index (κ1) is 15.1. The third-order valence-corrected chi connectivity index (χ3v) is 3.93. The molecular formula is C15H12F2N2O4. The second-order valence-electron chi connectivity index (χ2n) is 5.48. The number of aromatic nitrogens is 1. The van der Waals surface area contributed by atoms with Crippen molar-refractivity contribution in [3.8, 4) is 0 Å². The summed E-state index contributed by atoms with van der Waals surface area (Å²) in [5.41, 5.74) is -2.96. The van der Waals surface area contributed by atoms with Gasteiger partial charge < -0.3 is 15.0 Å². The molecule has 1 amide bonds. The molecule has 1 fully saturated rings. The molecule has 1 unspecified atom stereocenters. The van der Waals surface area contributed by atoms with Crippen molar-refractivity contribution in [1.29, 1.82) is 0 Å². The van der Waals surface area contributed by atoms with Gasteiger partial charge in [0.15, 0.2) is 0 Å². The molecule has 1 saturated heterocycles. The number of rotatable bonds is 2. The largest absolute Gasteiger partial charge is 0.479 e. The number of alkyl halides is 1. The Balaban J connectivity index is 2.02. The lowest BCUT2D eigenvalue weighted by Crippen LogP contribution is -2.39. The number of amides is 1. The van der Waals surface area contributed by atoms with Crippen LogP contribution in [0.25, 0.3) is 10.9 Å². The van der Waals surface area contributed by atoms with Gasteiger partial charge in [-0.05, 0) is 18.2 Å². The number of nitrogens with one attached hydrogen (secondary N) is 1. The summed E-state index contributed by atoms with van der Waals surface area (Å²) in [4.78, 5) is 38.6. The summed E-state index contributed by atoms with van der Waals surface area (Å²) in [5.74, 6) is -2.85. The average molecular weight is 322 g/mol. The number of halogens is 2. The summed E-state index contributed by atoms with van der Waals surface area (Å²) in [5, 5.41) is 9.19. The lowest BCUT2D eigenvalue weighted by atomic mass is 10.1. The van der Waals surface area contributed by atoms with E-state index in [2.05, 4.69) is 4.98 Å². The van der Waals surface area contributed by atoms with Crippen LogP contribution in [0.15, 0.2) is 29.1 Å². The number of nitrogens with zero attached hydrogens (tertiary/aromatic N) is 1. The molecule has 2 N–H and O–H groups in total. The van der Waals surface area contributed by atoms with E-state index < -0.39 is 35.5 Å². The van der Waals surface area contributed by atoms with Gasteiger partial charge in [0.25, 0.3) is 5.91 Å². The van der Waals surface area contributed by atoms with Crippen molar-refractivity contribution in [1.82, 2.24) is 9.88 Å². The van der Waals surface area contributed by atoms with Crippen LogP contribution >= 0.6 is 0 Å². The van der Waals surface area contributed by atoms with Crippen LogP contribution in [-0.4, -0.2) is 45.6 Å². The Morgan fingerprint density at radius 3 is 2.70 bits per heavy atom. The lowest BCUT2D eigenvalue weighted by Gasteiger charge is -2.18. The highest BCUT2D eigenvalue weighted by molar-refractivity contribution is 6.06. The van der Waals surface area contributed by atoms with Crippen molar-refractivity contribution in [3.63, 3.8) is 0 Å². The first-order valence-electron chi connectivity index (χ1n) is 6.84. The summed E-state index contributed by atoms with van der Waals surface area (Å²) in [6.07, 6.45) is -0.316. The molecule has 1 aliphatic heterocycles. The van der Waals surface area contributed by atoms with Gasteiger partial charge >= 0.3 is 5.97 Å². The number of hydrogen-bond acceptors (Lipinski definition) is 3. The Hall–Kier alpha value is -2.77. The molecule has 0 radical (unpaired) electrons. The molecule has 0 aliphatic carbocycles. The standard InChI is InChI=1S/C15H12F2N2O4/c16-8-1-2-9-10(6-12(20)18-11(9)5-8)13(21)19-4-3-15(17,7-19)14(22)23/h1-2,5-6H,3-4,7H2,(H,18,20)(H,22,23). The number of aliphatic carboxylic acids is 1. The number of fused-ring (bicyclic) bond motifs is 1. The van der Waals surface area contributed by atoms with Crippen molar-refractivity contribution < 1.29 is 23.5 Å². The second kappa shape index (κ2) is 5.15.